The van der Waals surface area contributed by atoms with Crippen LogP contribution in [0.2, 0.25) is 0 Å². The molecule has 0 radical (unpaired) electrons. The summed E-state index contributed by atoms with van der Waals surface area (Å²) in [5.74, 6) is -0.609. The largest absolute Gasteiger partial charge is 0.434 e. The van der Waals surface area contributed by atoms with Gasteiger partial charge in [0.25, 0.3) is 0 Å². The minimum Gasteiger partial charge on any atom is -0.390 e. The van der Waals surface area contributed by atoms with E-state index in [1.54, 1.807) is 0 Å². The summed E-state index contributed by atoms with van der Waals surface area (Å²) in [7, 11) is 0. The Balaban J connectivity index is 1.17. The molecule has 2 N–H and O–H groups in total. The molecule has 2 atom stereocenters. The highest BCUT2D eigenvalue weighted by Gasteiger charge is 2.24. The van der Waals surface area contributed by atoms with Crippen LogP contribution in [0.1, 0.15) is 0 Å². The standard InChI is InChI=1S/C19H26N10O6/c30-16(11-26-3-1-20-18(26)28(32)33)9-22-5-7-24(13-22)15-25-8-6-23(14-25)10-17(31)12-27-4-2-21-19(27)29(34)35/h1-8,16-17,30-31H,9-15H2. The maximum atomic E-state index is 11.0. The van der Waals surface area contributed by atoms with Gasteiger partial charge in [-0.2, -0.15) is 0 Å². The zero-order chi connectivity index (χ0) is 24.9. The van der Waals surface area contributed by atoms with Crippen molar-refractivity contribution in [3.8, 4) is 0 Å². The first-order chi connectivity index (χ1) is 16.8. The Morgan fingerprint density at radius 1 is 0.743 bits per heavy atom. The molecule has 16 heteroatoms. The molecule has 2 unspecified atom stereocenters. The first-order valence-electron chi connectivity index (χ1n) is 10.8. The smallest absolute Gasteiger partial charge is 0.390 e. The Morgan fingerprint density at radius 2 is 1.14 bits per heavy atom. The molecule has 0 spiro atoms. The fraction of sp³-hybridized carbons (Fsp3) is 0.474. The highest BCUT2D eigenvalue weighted by Crippen LogP contribution is 2.15. The summed E-state index contributed by atoms with van der Waals surface area (Å²) < 4.78 is 2.62. The Labute approximate surface area is 199 Å². The lowest BCUT2D eigenvalue weighted by Gasteiger charge is -2.28. The molecular weight excluding hydrogens is 464 g/mol. The van der Waals surface area contributed by atoms with Gasteiger partial charge < -0.3 is 50.0 Å². The lowest BCUT2D eigenvalue weighted by molar-refractivity contribution is -0.397. The van der Waals surface area contributed by atoms with Gasteiger partial charge in [0.1, 0.15) is 37.0 Å². The van der Waals surface area contributed by atoms with Crippen molar-refractivity contribution < 1.29 is 20.1 Å². The Kier molecular flexibility index (Phi) is 7.11. The summed E-state index contributed by atoms with van der Waals surface area (Å²) in [6.45, 7) is 2.39. The number of imidazole rings is 2. The Bertz CT molecular complexity index is 1020. The van der Waals surface area contributed by atoms with Crippen LogP contribution in [0.25, 0.3) is 0 Å². The first-order valence-corrected chi connectivity index (χ1v) is 10.8. The second-order valence-electron chi connectivity index (χ2n) is 8.32. The van der Waals surface area contributed by atoms with Gasteiger partial charge in [-0.3, -0.25) is 0 Å². The number of nitrogens with zero attached hydrogens (tertiary/aromatic N) is 10. The predicted octanol–water partition coefficient (Wildman–Crippen LogP) is -0.632. The van der Waals surface area contributed by atoms with Crippen LogP contribution in [0, 0.1) is 20.2 Å². The average Bonchev–Trinajstić information content (AvgIpc) is 3.57. The molecule has 35 heavy (non-hydrogen) atoms. The van der Waals surface area contributed by atoms with Gasteiger partial charge in [-0.25, -0.2) is 9.13 Å². The lowest BCUT2D eigenvalue weighted by atomic mass is 10.3. The second kappa shape index (κ2) is 10.4. The monoisotopic (exact) mass is 490 g/mol. The summed E-state index contributed by atoms with van der Waals surface area (Å²) in [6, 6.07) is 0. The van der Waals surface area contributed by atoms with Crippen molar-refractivity contribution in [3.63, 3.8) is 0 Å². The Morgan fingerprint density at radius 3 is 1.54 bits per heavy atom. The Hall–Kier alpha value is -4.18. The molecule has 0 saturated heterocycles. The lowest BCUT2D eigenvalue weighted by Crippen LogP contribution is -2.39. The maximum Gasteiger partial charge on any atom is 0.434 e. The van der Waals surface area contributed by atoms with E-state index in [9.17, 15) is 30.4 Å². The van der Waals surface area contributed by atoms with Crippen LogP contribution in [0.15, 0.2) is 49.6 Å². The minimum atomic E-state index is -0.817. The third-order valence-corrected chi connectivity index (χ3v) is 5.49. The van der Waals surface area contributed by atoms with E-state index >= 15 is 0 Å². The molecule has 2 aliphatic rings. The number of aromatic nitrogens is 4. The van der Waals surface area contributed by atoms with Crippen molar-refractivity contribution in [1.82, 2.24) is 38.7 Å². The van der Waals surface area contributed by atoms with Gasteiger partial charge in [0.2, 0.25) is 0 Å². The zero-order valence-corrected chi connectivity index (χ0v) is 18.7. The normalized spacial score (nSPS) is 17.0. The summed E-state index contributed by atoms with van der Waals surface area (Å²) in [4.78, 5) is 36.0. The van der Waals surface area contributed by atoms with E-state index in [1.165, 1.54) is 33.9 Å². The number of β-amino-alcohol motifs (C(OH)–C–C–N with tert-alkyl or cyclic N) is 2. The van der Waals surface area contributed by atoms with Crippen LogP contribution in [0.5, 0.6) is 0 Å². The number of nitro groups is 2. The van der Waals surface area contributed by atoms with Crippen molar-refractivity contribution in [2.75, 3.05) is 33.1 Å². The van der Waals surface area contributed by atoms with Gasteiger partial charge in [0.15, 0.2) is 0 Å². The molecule has 2 aromatic rings. The van der Waals surface area contributed by atoms with Crippen LogP contribution < -0.4 is 0 Å². The van der Waals surface area contributed by atoms with E-state index < -0.39 is 22.1 Å². The quantitative estimate of drug-likeness (QED) is 0.285. The van der Waals surface area contributed by atoms with Crippen LogP contribution in [0.3, 0.4) is 0 Å². The third-order valence-electron chi connectivity index (χ3n) is 5.49. The fourth-order valence-electron chi connectivity index (χ4n) is 4.03. The number of aliphatic hydroxyl groups is 2. The molecule has 16 nitrogen and oxygen atoms in total. The molecule has 0 saturated carbocycles. The number of rotatable bonds is 12. The molecule has 0 aromatic carbocycles. The van der Waals surface area contributed by atoms with E-state index in [0.717, 1.165) is 0 Å². The van der Waals surface area contributed by atoms with Crippen molar-refractivity contribution in [2.45, 2.75) is 25.3 Å². The molecule has 2 aromatic heterocycles. The molecule has 188 valence electrons. The number of hydrogen-bond donors (Lipinski definition) is 2. The van der Waals surface area contributed by atoms with Gasteiger partial charge in [-0.15, -0.1) is 0 Å². The molecule has 0 aliphatic carbocycles. The van der Waals surface area contributed by atoms with Gasteiger partial charge >= 0.3 is 11.9 Å². The topological polar surface area (TPSA) is 175 Å². The van der Waals surface area contributed by atoms with Crippen molar-refractivity contribution in [3.05, 3.63) is 69.8 Å². The van der Waals surface area contributed by atoms with E-state index in [1.807, 2.05) is 44.4 Å². The summed E-state index contributed by atoms with van der Waals surface area (Å²) in [6.07, 6.45) is 11.5. The second-order valence-corrected chi connectivity index (χ2v) is 8.32. The van der Waals surface area contributed by atoms with E-state index in [0.29, 0.717) is 33.1 Å². The first kappa shape index (κ1) is 24.0. The van der Waals surface area contributed by atoms with Crippen LogP contribution in [0.4, 0.5) is 11.9 Å². The summed E-state index contributed by atoms with van der Waals surface area (Å²) in [5.41, 5.74) is 0. The summed E-state index contributed by atoms with van der Waals surface area (Å²) >= 11 is 0. The van der Waals surface area contributed by atoms with Crippen LogP contribution in [-0.4, -0.2) is 104 Å². The molecule has 0 fully saturated rings. The molecule has 0 amide bonds. The van der Waals surface area contributed by atoms with E-state index in [-0.39, 0.29) is 25.0 Å². The maximum absolute atomic E-state index is 11.0. The molecular formula is C19H26N10O6. The van der Waals surface area contributed by atoms with Crippen LogP contribution >= 0.6 is 0 Å². The van der Waals surface area contributed by atoms with E-state index in [2.05, 4.69) is 9.97 Å². The van der Waals surface area contributed by atoms with Crippen LogP contribution in [-0.2, 0) is 13.1 Å². The van der Waals surface area contributed by atoms with Gasteiger partial charge in [-0.05, 0) is 9.85 Å². The molecule has 4 heterocycles. The van der Waals surface area contributed by atoms with Gasteiger partial charge in [0.05, 0.1) is 33.1 Å². The molecule has 4 rings (SSSR count). The predicted molar refractivity (Wildman–Crippen MR) is 120 cm³/mol. The minimum absolute atomic E-state index is 0.0645. The highest BCUT2D eigenvalue weighted by atomic mass is 16.6. The fourth-order valence-corrected chi connectivity index (χ4v) is 4.03. The van der Waals surface area contributed by atoms with Gasteiger partial charge in [0, 0.05) is 37.9 Å². The zero-order valence-electron chi connectivity index (χ0n) is 18.7. The third kappa shape index (κ3) is 6.04. The molecule has 2 aliphatic heterocycles. The number of hydrogen-bond acceptors (Lipinski definition) is 12. The summed E-state index contributed by atoms with van der Waals surface area (Å²) in [5, 5.41) is 42.6. The van der Waals surface area contributed by atoms with E-state index in [4.69, 9.17) is 0 Å². The SMILES string of the molecule is O=[N+]([O-])c1nccn1CC(O)CN1C=CN(CN2C=CN(CC(O)Cn3ccnc3[N+](=O)[O-])C2)C1. The van der Waals surface area contributed by atoms with Crippen molar-refractivity contribution in [1.29, 1.82) is 0 Å². The molecule has 0 bridgehead atoms. The number of aliphatic hydroxyl groups excluding tert-OH is 2. The van der Waals surface area contributed by atoms with Gasteiger partial charge in [-0.1, -0.05) is 9.97 Å². The highest BCUT2D eigenvalue weighted by molar-refractivity contribution is 5.07. The van der Waals surface area contributed by atoms with Crippen molar-refractivity contribution in [2.24, 2.45) is 0 Å². The van der Waals surface area contributed by atoms with Crippen molar-refractivity contribution >= 4 is 11.9 Å². The average molecular weight is 490 g/mol.